The topological polar surface area (TPSA) is 54.0 Å². The third-order valence-corrected chi connectivity index (χ3v) is 3.33. The Hall–Kier alpha value is -1.27. The maximum Gasteiger partial charge on any atom is 0.119 e. The zero-order valence-electron chi connectivity index (χ0n) is 17.8. The highest BCUT2D eigenvalue weighted by atomic mass is 16.5. The number of aldehydes is 1. The first-order valence-corrected chi connectivity index (χ1v) is 9.57. The summed E-state index contributed by atoms with van der Waals surface area (Å²) in [5.74, 6) is 0. The predicted molar refractivity (Wildman–Crippen MR) is 112 cm³/mol. The smallest absolute Gasteiger partial charge is 0.119 e. The highest BCUT2D eigenvalue weighted by Crippen LogP contribution is 2.02. The number of ether oxygens (including phenoxy) is 4. The third kappa shape index (κ3) is 27.1. The Bertz CT molecular complexity index is 383. The maximum atomic E-state index is 10.1. The molecule has 0 saturated carbocycles. The minimum atomic E-state index is 0.0417. The number of hydrogen-bond donors (Lipinski definition) is 0. The van der Waals surface area contributed by atoms with Crippen LogP contribution in [0.4, 0.5) is 0 Å². The van der Waals surface area contributed by atoms with Crippen LogP contribution in [0.2, 0.25) is 0 Å². The lowest BCUT2D eigenvalue weighted by atomic mass is 10.2. The van der Waals surface area contributed by atoms with Gasteiger partial charge < -0.3 is 23.7 Å². The second-order valence-corrected chi connectivity index (χ2v) is 6.79. The zero-order chi connectivity index (χ0) is 20.8. The molecule has 0 aliphatic carbocycles. The van der Waals surface area contributed by atoms with Gasteiger partial charge in [-0.25, -0.2) is 0 Å². The van der Waals surface area contributed by atoms with Crippen molar-refractivity contribution in [3.8, 4) is 0 Å². The lowest BCUT2D eigenvalue weighted by molar-refractivity contribution is -0.107. The lowest BCUT2D eigenvalue weighted by Crippen LogP contribution is -2.15. The predicted octanol–water partition coefficient (Wildman–Crippen LogP) is 4.53. The van der Waals surface area contributed by atoms with Gasteiger partial charge in [-0.15, -0.1) is 0 Å². The number of carbonyl (C=O) groups excluding carboxylic acids is 1. The molecule has 158 valence electrons. The van der Waals surface area contributed by atoms with Gasteiger partial charge >= 0.3 is 0 Å². The van der Waals surface area contributed by atoms with Crippen molar-refractivity contribution in [3.05, 3.63) is 37.0 Å². The quantitative estimate of drug-likeness (QED) is 0.222. The van der Waals surface area contributed by atoms with Crippen molar-refractivity contribution in [1.29, 1.82) is 0 Å². The van der Waals surface area contributed by atoms with E-state index in [9.17, 15) is 4.79 Å². The molecule has 27 heavy (non-hydrogen) atoms. The Morgan fingerprint density at radius 2 is 1.44 bits per heavy atom. The van der Waals surface area contributed by atoms with E-state index in [-0.39, 0.29) is 5.60 Å². The molecule has 0 unspecified atom stereocenters. The van der Waals surface area contributed by atoms with Gasteiger partial charge in [-0.1, -0.05) is 37.8 Å². The fourth-order valence-electron chi connectivity index (χ4n) is 1.56. The lowest BCUT2D eigenvalue weighted by Gasteiger charge is -2.14. The first-order valence-electron chi connectivity index (χ1n) is 9.57. The average Bonchev–Trinajstić information content (AvgIpc) is 2.64. The minimum Gasteiger partial charge on any atom is -0.379 e. The Labute approximate surface area is 166 Å². The van der Waals surface area contributed by atoms with Crippen molar-refractivity contribution in [2.75, 3.05) is 46.8 Å². The van der Waals surface area contributed by atoms with Gasteiger partial charge in [0, 0.05) is 20.1 Å². The molecule has 5 heteroatoms. The summed E-state index contributed by atoms with van der Waals surface area (Å²) in [6.07, 6.45) is 9.94. The van der Waals surface area contributed by atoms with Crippen LogP contribution in [0.3, 0.4) is 0 Å². The molecular formula is C22H40O5. The van der Waals surface area contributed by atoms with E-state index in [0.29, 0.717) is 39.5 Å². The number of unbranched alkanes of at least 4 members (excludes halogenated alkanes) is 3. The van der Waals surface area contributed by atoms with E-state index in [2.05, 4.69) is 13.2 Å². The van der Waals surface area contributed by atoms with Crippen LogP contribution >= 0.6 is 0 Å². The standard InChI is InChI=1S/C17H28O4.C5H12O/c1-3-9-17(4-2)16-21-15-14-20-13-12-19-11-8-6-5-7-10-18;1-5(2,3)6-4/h3-4,9-10H,1-2,5-8,11-16H2;1-4H3/b17-9+;. The number of methoxy groups -OCH3 is 1. The molecule has 0 spiro atoms. The molecule has 5 nitrogen and oxygen atoms in total. The fraction of sp³-hybridized carbons (Fsp3) is 0.682. The van der Waals surface area contributed by atoms with Crippen molar-refractivity contribution in [1.82, 2.24) is 0 Å². The summed E-state index contributed by atoms with van der Waals surface area (Å²) in [6, 6.07) is 0. The van der Waals surface area contributed by atoms with Crippen LogP contribution in [0.1, 0.15) is 46.5 Å². The average molecular weight is 385 g/mol. The van der Waals surface area contributed by atoms with Gasteiger partial charge in [0.1, 0.15) is 6.29 Å². The van der Waals surface area contributed by atoms with Crippen molar-refractivity contribution in [3.63, 3.8) is 0 Å². The molecule has 0 aliphatic rings. The number of carbonyl (C=O) groups is 1. The van der Waals surface area contributed by atoms with E-state index in [4.69, 9.17) is 18.9 Å². The summed E-state index contributed by atoms with van der Waals surface area (Å²) < 4.78 is 21.2. The number of hydrogen-bond acceptors (Lipinski definition) is 5. The van der Waals surface area contributed by atoms with E-state index < -0.39 is 0 Å². The van der Waals surface area contributed by atoms with Crippen LogP contribution < -0.4 is 0 Å². The molecule has 0 aromatic heterocycles. The molecule has 0 aliphatic heterocycles. The van der Waals surface area contributed by atoms with Gasteiger partial charge in [0.2, 0.25) is 0 Å². The molecule has 0 aromatic carbocycles. The molecule has 0 heterocycles. The second-order valence-electron chi connectivity index (χ2n) is 6.79. The van der Waals surface area contributed by atoms with E-state index in [1.165, 1.54) is 0 Å². The monoisotopic (exact) mass is 384 g/mol. The van der Waals surface area contributed by atoms with Gasteiger partial charge in [0.05, 0.1) is 38.6 Å². The molecule has 0 rings (SSSR count). The van der Waals surface area contributed by atoms with Crippen LogP contribution in [0, 0.1) is 0 Å². The van der Waals surface area contributed by atoms with Gasteiger partial charge in [-0.05, 0) is 39.2 Å². The van der Waals surface area contributed by atoms with Gasteiger partial charge in [-0.2, -0.15) is 0 Å². The minimum absolute atomic E-state index is 0.0417. The van der Waals surface area contributed by atoms with Crippen molar-refractivity contribution < 1.29 is 23.7 Å². The van der Waals surface area contributed by atoms with Gasteiger partial charge in [0.15, 0.2) is 0 Å². The fourth-order valence-corrected chi connectivity index (χ4v) is 1.56. The van der Waals surface area contributed by atoms with E-state index in [1.807, 2.05) is 26.8 Å². The summed E-state index contributed by atoms with van der Waals surface area (Å²) in [4.78, 5) is 10.1. The Morgan fingerprint density at radius 1 is 0.889 bits per heavy atom. The largest absolute Gasteiger partial charge is 0.379 e. The first-order chi connectivity index (χ1) is 12.9. The summed E-state index contributed by atoms with van der Waals surface area (Å²) >= 11 is 0. The normalized spacial score (nSPS) is 11.5. The van der Waals surface area contributed by atoms with Crippen LogP contribution in [0.25, 0.3) is 0 Å². The highest BCUT2D eigenvalue weighted by Gasteiger charge is 2.04. The molecule has 0 amide bonds. The number of rotatable bonds is 16. The van der Waals surface area contributed by atoms with Crippen LogP contribution in [0.5, 0.6) is 0 Å². The Kier molecular flexibility index (Phi) is 21.8. The molecule has 0 aromatic rings. The van der Waals surface area contributed by atoms with Crippen LogP contribution in [-0.2, 0) is 23.7 Å². The summed E-state index contributed by atoms with van der Waals surface area (Å²) in [7, 11) is 1.71. The summed E-state index contributed by atoms with van der Waals surface area (Å²) in [5.41, 5.74) is 1.04. The molecule has 0 atom stereocenters. The third-order valence-electron chi connectivity index (χ3n) is 3.33. The number of allylic oxidation sites excluding steroid dienone is 2. The maximum absolute atomic E-state index is 10.1. The Balaban J connectivity index is 0. The van der Waals surface area contributed by atoms with Crippen molar-refractivity contribution in [2.24, 2.45) is 0 Å². The second kappa shape index (κ2) is 21.0. The van der Waals surface area contributed by atoms with Crippen LogP contribution in [-0.4, -0.2) is 58.6 Å². The van der Waals surface area contributed by atoms with E-state index >= 15 is 0 Å². The van der Waals surface area contributed by atoms with E-state index in [1.54, 1.807) is 19.3 Å². The van der Waals surface area contributed by atoms with E-state index in [0.717, 1.165) is 37.7 Å². The van der Waals surface area contributed by atoms with Crippen molar-refractivity contribution in [2.45, 2.75) is 52.1 Å². The van der Waals surface area contributed by atoms with Crippen LogP contribution in [0.15, 0.2) is 37.0 Å². The molecule has 0 radical (unpaired) electrons. The molecule has 0 saturated heterocycles. The zero-order valence-corrected chi connectivity index (χ0v) is 17.8. The first kappa shape index (κ1) is 27.9. The summed E-state index contributed by atoms with van der Waals surface area (Å²) in [6.45, 7) is 16.9. The molecule has 0 bridgehead atoms. The summed E-state index contributed by atoms with van der Waals surface area (Å²) in [5, 5.41) is 0. The SMILES string of the molecule is C=C/C=C(\C=C)COCCOCCOCCCCCC=O.COC(C)(C)C. The van der Waals surface area contributed by atoms with Gasteiger partial charge in [0.25, 0.3) is 0 Å². The van der Waals surface area contributed by atoms with Gasteiger partial charge in [-0.3, -0.25) is 0 Å². The van der Waals surface area contributed by atoms with Crippen molar-refractivity contribution >= 4 is 6.29 Å². The molecule has 0 N–H and O–H groups in total. The molecule has 0 fully saturated rings. The Morgan fingerprint density at radius 3 is 1.93 bits per heavy atom. The molecular weight excluding hydrogens is 344 g/mol. The highest BCUT2D eigenvalue weighted by molar-refractivity contribution is 5.48.